The van der Waals surface area contributed by atoms with Crippen molar-refractivity contribution in [2.75, 3.05) is 20.3 Å². The highest BCUT2D eigenvalue weighted by molar-refractivity contribution is 5.82. The predicted molar refractivity (Wildman–Crippen MR) is 74.8 cm³/mol. The first kappa shape index (κ1) is 14.9. The number of rotatable bonds is 4. The van der Waals surface area contributed by atoms with E-state index in [1.165, 1.54) is 19.6 Å². The molecule has 4 heteroatoms. The van der Waals surface area contributed by atoms with Gasteiger partial charge in [-0.05, 0) is 25.7 Å². The molecule has 2 atom stereocenters. The van der Waals surface area contributed by atoms with Gasteiger partial charge in [0.15, 0.2) is 0 Å². The Hall–Kier alpha value is -1.47. The van der Waals surface area contributed by atoms with Crippen LogP contribution in [-0.2, 0) is 19.0 Å². The maximum atomic E-state index is 11.3. The predicted octanol–water partition coefficient (Wildman–Crippen LogP) is 2.43. The summed E-state index contributed by atoms with van der Waals surface area (Å²) in [5, 5.41) is 0. The van der Waals surface area contributed by atoms with Crippen LogP contribution in [0.4, 0.5) is 0 Å². The van der Waals surface area contributed by atoms with Crippen LogP contribution in [0.1, 0.15) is 38.5 Å². The molecular weight excluding hydrogens is 256 g/mol. The van der Waals surface area contributed by atoms with Gasteiger partial charge in [0, 0.05) is 24.9 Å². The zero-order chi connectivity index (χ0) is 14.4. The fraction of sp³-hybridized carbons (Fsp3) is 0.688. The fourth-order valence-corrected chi connectivity index (χ4v) is 2.99. The van der Waals surface area contributed by atoms with Gasteiger partial charge in [-0.1, -0.05) is 0 Å². The van der Waals surface area contributed by atoms with E-state index in [0.29, 0.717) is 25.2 Å². The van der Waals surface area contributed by atoms with Gasteiger partial charge in [-0.25, -0.2) is 4.79 Å². The Kier molecular flexibility index (Phi) is 5.08. The summed E-state index contributed by atoms with van der Waals surface area (Å²) in [6.45, 7) is 1.39. The normalized spacial score (nSPS) is 31.6. The van der Waals surface area contributed by atoms with Crippen LogP contribution in [0.25, 0.3) is 0 Å². The molecule has 0 saturated carbocycles. The Morgan fingerprint density at radius 1 is 1.60 bits per heavy atom. The quantitative estimate of drug-likeness (QED) is 0.450. The van der Waals surface area contributed by atoms with E-state index in [2.05, 4.69) is 10.7 Å². The van der Waals surface area contributed by atoms with Crippen molar-refractivity contribution >= 4 is 5.97 Å². The van der Waals surface area contributed by atoms with Gasteiger partial charge in [-0.2, -0.15) is 0 Å². The SMILES string of the molecule is C#CCC1(CC2CCCCO2)CO/C(=C\C(=O)OC)C1. The number of methoxy groups -OCH3 is 1. The molecule has 0 spiro atoms. The first-order valence-electron chi connectivity index (χ1n) is 7.14. The topological polar surface area (TPSA) is 44.8 Å². The van der Waals surface area contributed by atoms with E-state index >= 15 is 0 Å². The number of ether oxygens (including phenoxy) is 3. The largest absolute Gasteiger partial charge is 0.497 e. The van der Waals surface area contributed by atoms with Gasteiger partial charge in [0.1, 0.15) is 5.76 Å². The molecule has 4 nitrogen and oxygen atoms in total. The zero-order valence-corrected chi connectivity index (χ0v) is 12.0. The zero-order valence-electron chi connectivity index (χ0n) is 12.0. The summed E-state index contributed by atoms with van der Waals surface area (Å²) in [5.41, 5.74) is -0.101. The summed E-state index contributed by atoms with van der Waals surface area (Å²) in [5.74, 6) is 3.03. The van der Waals surface area contributed by atoms with Crippen LogP contribution < -0.4 is 0 Å². The maximum Gasteiger partial charge on any atom is 0.333 e. The number of hydrogen-bond acceptors (Lipinski definition) is 4. The van der Waals surface area contributed by atoms with Crippen molar-refractivity contribution in [2.24, 2.45) is 5.41 Å². The van der Waals surface area contributed by atoms with Crippen LogP contribution in [0.3, 0.4) is 0 Å². The highest BCUT2D eigenvalue weighted by Gasteiger charge is 2.40. The third-order valence-electron chi connectivity index (χ3n) is 4.00. The Morgan fingerprint density at radius 3 is 3.10 bits per heavy atom. The van der Waals surface area contributed by atoms with Gasteiger partial charge in [0.05, 0.1) is 25.9 Å². The van der Waals surface area contributed by atoms with Crippen LogP contribution in [0.2, 0.25) is 0 Å². The lowest BCUT2D eigenvalue weighted by Gasteiger charge is -2.31. The van der Waals surface area contributed by atoms with Gasteiger partial charge in [0.2, 0.25) is 0 Å². The molecule has 0 aromatic carbocycles. The van der Waals surface area contributed by atoms with E-state index in [-0.39, 0.29) is 17.5 Å². The van der Waals surface area contributed by atoms with Gasteiger partial charge in [-0.3, -0.25) is 0 Å². The smallest absolute Gasteiger partial charge is 0.333 e. The minimum absolute atomic E-state index is 0.101. The lowest BCUT2D eigenvalue weighted by molar-refractivity contribution is -0.135. The molecule has 0 aromatic rings. The van der Waals surface area contributed by atoms with Crippen molar-refractivity contribution in [3.05, 3.63) is 11.8 Å². The van der Waals surface area contributed by atoms with Crippen molar-refractivity contribution in [3.8, 4) is 12.3 Å². The summed E-state index contributed by atoms with van der Waals surface area (Å²) in [4.78, 5) is 11.3. The van der Waals surface area contributed by atoms with E-state index in [1.54, 1.807) is 0 Å². The number of allylic oxidation sites excluding steroid dienone is 1. The fourth-order valence-electron chi connectivity index (χ4n) is 2.99. The highest BCUT2D eigenvalue weighted by atomic mass is 16.5. The average Bonchev–Trinajstić information content (AvgIpc) is 2.83. The minimum Gasteiger partial charge on any atom is -0.497 e. The van der Waals surface area contributed by atoms with E-state index in [0.717, 1.165) is 25.9 Å². The second-order valence-corrected chi connectivity index (χ2v) is 5.67. The molecule has 2 aliphatic rings. The summed E-state index contributed by atoms with van der Waals surface area (Å²) in [6.07, 6.45) is 12.9. The van der Waals surface area contributed by atoms with E-state index in [1.807, 2.05) is 0 Å². The van der Waals surface area contributed by atoms with E-state index < -0.39 is 0 Å². The molecule has 2 rings (SSSR count). The molecule has 0 bridgehead atoms. The molecule has 0 aromatic heterocycles. The molecule has 0 aliphatic carbocycles. The third kappa shape index (κ3) is 3.77. The van der Waals surface area contributed by atoms with Crippen LogP contribution in [0.5, 0.6) is 0 Å². The second kappa shape index (κ2) is 6.81. The van der Waals surface area contributed by atoms with Crippen molar-refractivity contribution in [3.63, 3.8) is 0 Å². The van der Waals surface area contributed by atoms with Crippen LogP contribution in [0.15, 0.2) is 11.8 Å². The van der Waals surface area contributed by atoms with Gasteiger partial charge in [-0.15, -0.1) is 12.3 Å². The third-order valence-corrected chi connectivity index (χ3v) is 4.00. The molecule has 0 amide bonds. The number of terminal acetylenes is 1. The molecular formula is C16H22O4. The Balaban J connectivity index is 2.02. The molecule has 2 saturated heterocycles. The number of esters is 1. The molecule has 2 fully saturated rings. The molecule has 0 radical (unpaired) electrons. The van der Waals surface area contributed by atoms with E-state index in [9.17, 15) is 4.79 Å². The summed E-state index contributed by atoms with van der Waals surface area (Å²) in [6, 6.07) is 0. The summed E-state index contributed by atoms with van der Waals surface area (Å²) < 4.78 is 16.1. The van der Waals surface area contributed by atoms with Crippen LogP contribution in [-0.4, -0.2) is 32.4 Å². The Labute approximate surface area is 120 Å². The lowest BCUT2D eigenvalue weighted by atomic mass is 9.77. The van der Waals surface area contributed by atoms with Crippen molar-refractivity contribution in [1.82, 2.24) is 0 Å². The highest BCUT2D eigenvalue weighted by Crippen LogP contribution is 2.43. The van der Waals surface area contributed by atoms with Gasteiger partial charge in [0.25, 0.3) is 0 Å². The van der Waals surface area contributed by atoms with Crippen molar-refractivity contribution < 1.29 is 19.0 Å². The Morgan fingerprint density at radius 2 is 2.45 bits per heavy atom. The van der Waals surface area contributed by atoms with E-state index in [4.69, 9.17) is 15.9 Å². The summed E-state index contributed by atoms with van der Waals surface area (Å²) >= 11 is 0. The molecule has 2 heterocycles. The molecule has 2 aliphatic heterocycles. The summed E-state index contributed by atoms with van der Waals surface area (Å²) in [7, 11) is 1.36. The molecule has 2 unspecified atom stereocenters. The standard InChI is InChI=1S/C16H22O4/c1-3-7-16(10-13-6-4-5-8-19-13)11-14(20-12-16)9-15(17)18-2/h1,9,13H,4-8,10-12H2,2H3/b14-9-. The number of carbonyl (C=O) groups excluding carboxylic acids is 1. The van der Waals surface area contributed by atoms with Crippen LogP contribution in [0, 0.1) is 17.8 Å². The maximum absolute atomic E-state index is 11.3. The first-order valence-corrected chi connectivity index (χ1v) is 7.14. The Bertz CT molecular complexity index is 415. The first-order chi connectivity index (χ1) is 9.67. The molecule has 0 N–H and O–H groups in total. The molecule has 20 heavy (non-hydrogen) atoms. The monoisotopic (exact) mass is 278 g/mol. The van der Waals surface area contributed by atoms with Crippen molar-refractivity contribution in [1.29, 1.82) is 0 Å². The number of hydrogen-bond donors (Lipinski definition) is 0. The number of carbonyl (C=O) groups is 1. The van der Waals surface area contributed by atoms with Crippen molar-refractivity contribution in [2.45, 2.75) is 44.6 Å². The van der Waals surface area contributed by atoms with Gasteiger partial charge < -0.3 is 14.2 Å². The minimum atomic E-state index is -0.384. The molecule has 110 valence electrons. The lowest BCUT2D eigenvalue weighted by Crippen LogP contribution is -2.30. The van der Waals surface area contributed by atoms with Gasteiger partial charge >= 0.3 is 5.97 Å². The second-order valence-electron chi connectivity index (χ2n) is 5.67. The average molecular weight is 278 g/mol. The van der Waals surface area contributed by atoms with Crippen LogP contribution >= 0.6 is 0 Å².